The molecule has 0 radical (unpaired) electrons. The molecule has 1 fully saturated rings. The van der Waals surface area contributed by atoms with Crippen molar-refractivity contribution in [3.8, 4) is 5.75 Å². The van der Waals surface area contributed by atoms with E-state index in [1.807, 2.05) is 30.3 Å². The lowest BCUT2D eigenvalue weighted by molar-refractivity contribution is 0.0773. The van der Waals surface area contributed by atoms with Crippen LogP contribution in [0.2, 0.25) is 0 Å². The highest BCUT2D eigenvalue weighted by Gasteiger charge is 2.28. The second-order valence-corrected chi connectivity index (χ2v) is 8.03. The molecule has 26 heavy (non-hydrogen) atoms. The van der Waals surface area contributed by atoms with Crippen molar-refractivity contribution >= 4 is 15.9 Å². The van der Waals surface area contributed by atoms with Crippen molar-refractivity contribution < 1.29 is 17.9 Å². The van der Waals surface area contributed by atoms with Crippen LogP contribution in [-0.4, -0.2) is 45.5 Å². The van der Waals surface area contributed by atoms with Crippen LogP contribution in [-0.2, 0) is 10.0 Å². The highest BCUT2D eigenvalue weighted by atomic mass is 32.2. The third-order valence-corrected chi connectivity index (χ3v) is 5.59. The fraction of sp³-hybridized carbons (Fsp3) is 0.316. The SMILES string of the molecule is CN(CCOc1ccccc1)C(=O)c1cccc(S(=O)(=O)NC2CC2)c1. The number of nitrogens with one attached hydrogen (secondary N) is 1. The van der Waals surface area contributed by atoms with E-state index in [1.54, 1.807) is 19.2 Å². The summed E-state index contributed by atoms with van der Waals surface area (Å²) in [7, 11) is -1.91. The molecule has 1 saturated carbocycles. The molecule has 6 nitrogen and oxygen atoms in total. The number of nitrogens with zero attached hydrogens (tertiary/aromatic N) is 1. The number of rotatable bonds is 8. The molecule has 0 aromatic heterocycles. The highest BCUT2D eigenvalue weighted by Crippen LogP contribution is 2.22. The minimum atomic E-state index is -3.58. The third-order valence-electron chi connectivity index (χ3n) is 4.08. The minimum absolute atomic E-state index is 0.0252. The molecule has 1 N–H and O–H groups in total. The van der Waals surface area contributed by atoms with E-state index >= 15 is 0 Å². The van der Waals surface area contributed by atoms with Crippen LogP contribution < -0.4 is 9.46 Å². The maximum atomic E-state index is 12.6. The summed E-state index contributed by atoms with van der Waals surface area (Å²) in [6, 6.07) is 15.5. The number of hydrogen-bond acceptors (Lipinski definition) is 4. The molecule has 0 unspecified atom stereocenters. The predicted molar refractivity (Wildman–Crippen MR) is 98.7 cm³/mol. The molecule has 1 aliphatic rings. The third kappa shape index (κ3) is 4.83. The molecule has 138 valence electrons. The highest BCUT2D eigenvalue weighted by molar-refractivity contribution is 7.89. The van der Waals surface area contributed by atoms with Crippen LogP contribution in [0, 0.1) is 0 Å². The first-order valence-electron chi connectivity index (χ1n) is 8.51. The van der Waals surface area contributed by atoms with Crippen LogP contribution >= 0.6 is 0 Å². The summed E-state index contributed by atoms with van der Waals surface area (Å²) in [6.07, 6.45) is 1.73. The summed E-state index contributed by atoms with van der Waals surface area (Å²) in [5.41, 5.74) is 0.339. The summed E-state index contributed by atoms with van der Waals surface area (Å²) in [5.74, 6) is 0.498. The Kier molecular flexibility index (Phi) is 5.58. The van der Waals surface area contributed by atoms with E-state index in [0.29, 0.717) is 18.7 Å². The van der Waals surface area contributed by atoms with Gasteiger partial charge in [0.25, 0.3) is 5.91 Å². The Morgan fingerprint density at radius 2 is 1.88 bits per heavy atom. The van der Waals surface area contributed by atoms with E-state index in [-0.39, 0.29) is 16.8 Å². The van der Waals surface area contributed by atoms with Gasteiger partial charge in [-0.3, -0.25) is 4.79 Å². The van der Waals surface area contributed by atoms with Crippen molar-refractivity contribution in [2.75, 3.05) is 20.2 Å². The van der Waals surface area contributed by atoms with E-state index < -0.39 is 10.0 Å². The maximum absolute atomic E-state index is 12.6. The lowest BCUT2D eigenvalue weighted by Crippen LogP contribution is -2.31. The van der Waals surface area contributed by atoms with Gasteiger partial charge in [0.15, 0.2) is 0 Å². The summed E-state index contributed by atoms with van der Waals surface area (Å²) in [4.78, 5) is 14.2. The number of likely N-dealkylation sites (N-methyl/N-ethyl adjacent to an activating group) is 1. The number of amides is 1. The molecule has 0 aliphatic heterocycles. The van der Waals surface area contributed by atoms with Gasteiger partial charge in [-0.05, 0) is 43.2 Å². The van der Waals surface area contributed by atoms with Crippen molar-refractivity contribution in [1.29, 1.82) is 0 Å². The lowest BCUT2D eigenvalue weighted by atomic mass is 10.2. The van der Waals surface area contributed by atoms with Crippen molar-refractivity contribution in [1.82, 2.24) is 9.62 Å². The summed E-state index contributed by atoms with van der Waals surface area (Å²) in [5, 5.41) is 0. The zero-order chi connectivity index (χ0) is 18.6. The van der Waals surface area contributed by atoms with Gasteiger partial charge in [-0.2, -0.15) is 0 Å². The fourth-order valence-electron chi connectivity index (χ4n) is 2.42. The Balaban J connectivity index is 1.60. The first-order chi connectivity index (χ1) is 12.5. The standard InChI is InChI=1S/C19H22N2O4S/c1-21(12-13-25-17-7-3-2-4-8-17)19(22)15-6-5-9-18(14-15)26(23,24)20-16-10-11-16/h2-9,14,16,20H,10-13H2,1H3. The molecule has 2 aromatic carbocycles. The Morgan fingerprint density at radius 3 is 2.58 bits per heavy atom. The van der Waals surface area contributed by atoms with E-state index in [9.17, 15) is 13.2 Å². The monoisotopic (exact) mass is 374 g/mol. The first-order valence-corrected chi connectivity index (χ1v) is 10.00. The topological polar surface area (TPSA) is 75.7 Å². The molecule has 0 atom stereocenters. The first kappa shape index (κ1) is 18.4. The smallest absolute Gasteiger partial charge is 0.253 e. The molecular weight excluding hydrogens is 352 g/mol. The van der Waals surface area contributed by atoms with E-state index in [4.69, 9.17) is 4.74 Å². The van der Waals surface area contributed by atoms with Crippen molar-refractivity contribution in [3.05, 3.63) is 60.2 Å². The number of benzene rings is 2. The van der Waals surface area contributed by atoms with Gasteiger partial charge in [0, 0.05) is 18.7 Å². The zero-order valence-corrected chi connectivity index (χ0v) is 15.4. The molecule has 0 bridgehead atoms. The molecule has 0 spiro atoms. The van der Waals surface area contributed by atoms with Gasteiger partial charge in [0.05, 0.1) is 11.4 Å². The number of sulfonamides is 1. The zero-order valence-electron chi connectivity index (χ0n) is 14.6. The van der Waals surface area contributed by atoms with Crippen molar-refractivity contribution in [2.45, 2.75) is 23.8 Å². The second kappa shape index (κ2) is 7.88. The van der Waals surface area contributed by atoms with Crippen LogP contribution in [0.15, 0.2) is 59.5 Å². The molecule has 0 saturated heterocycles. The summed E-state index contributed by atoms with van der Waals surface area (Å²) < 4.78 is 32.8. The number of carbonyl (C=O) groups is 1. The number of hydrogen-bond donors (Lipinski definition) is 1. The van der Waals surface area contributed by atoms with Crippen LogP contribution in [0.1, 0.15) is 23.2 Å². The van der Waals surface area contributed by atoms with E-state index in [0.717, 1.165) is 18.6 Å². The predicted octanol–water partition coefficient (Wildman–Crippen LogP) is 2.28. The van der Waals surface area contributed by atoms with E-state index in [1.165, 1.54) is 17.0 Å². The van der Waals surface area contributed by atoms with Gasteiger partial charge in [-0.1, -0.05) is 24.3 Å². The van der Waals surface area contributed by atoms with Crippen LogP contribution in [0.4, 0.5) is 0 Å². The largest absolute Gasteiger partial charge is 0.492 e. The van der Waals surface area contributed by atoms with Crippen LogP contribution in [0.25, 0.3) is 0 Å². The molecule has 2 aromatic rings. The van der Waals surface area contributed by atoms with Gasteiger partial charge in [0.2, 0.25) is 10.0 Å². The average Bonchev–Trinajstić information content (AvgIpc) is 3.45. The summed E-state index contributed by atoms with van der Waals surface area (Å²) in [6.45, 7) is 0.749. The van der Waals surface area contributed by atoms with Gasteiger partial charge in [0.1, 0.15) is 12.4 Å². The maximum Gasteiger partial charge on any atom is 0.253 e. The van der Waals surface area contributed by atoms with Crippen molar-refractivity contribution in [3.63, 3.8) is 0 Å². The Hall–Kier alpha value is -2.38. The minimum Gasteiger partial charge on any atom is -0.492 e. The van der Waals surface area contributed by atoms with Crippen LogP contribution in [0.5, 0.6) is 5.75 Å². The van der Waals surface area contributed by atoms with Crippen LogP contribution in [0.3, 0.4) is 0 Å². The Bertz CT molecular complexity index is 864. The van der Waals surface area contributed by atoms with Gasteiger partial charge in [-0.25, -0.2) is 13.1 Å². The number of carbonyl (C=O) groups excluding carboxylic acids is 1. The fourth-order valence-corrected chi connectivity index (χ4v) is 3.77. The molecule has 1 amide bonds. The normalized spacial score (nSPS) is 14.0. The van der Waals surface area contributed by atoms with Gasteiger partial charge < -0.3 is 9.64 Å². The lowest BCUT2D eigenvalue weighted by Gasteiger charge is -2.18. The number of para-hydroxylation sites is 1. The summed E-state index contributed by atoms with van der Waals surface area (Å²) >= 11 is 0. The van der Waals surface area contributed by atoms with E-state index in [2.05, 4.69) is 4.72 Å². The quantitative estimate of drug-likeness (QED) is 0.769. The van der Waals surface area contributed by atoms with Gasteiger partial charge >= 0.3 is 0 Å². The average molecular weight is 374 g/mol. The molecular formula is C19H22N2O4S. The van der Waals surface area contributed by atoms with Crippen molar-refractivity contribution in [2.24, 2.45) is 0 Å². The molecule has 7 heteroatoms. The molecule has 1 aliphatic carbocycles. The molecule has 0 heterocycles. The Morgan fingerprint density at radius 1 is 1.15 bits per heavy atom. The molecule has 3 rings (SSSR count). The van der Waals surface area contributed by atoms with Gasteiger partial charge in [-0.15, -0.1) is 0 Å². The number of ether oxygens (including phenoxy) is 1. The Labute approximate surface area is 153 Å². The second-order valence-electron chi connectivity index (χ2n) is 6.31.